The van der Waals surface area contributed by atoms with Gasteiger partial charge in [-0.15, -0.1) is 5.10 Å². The van der Waals surface area contributed by atoms with Gasteiger partial charge in [-0.25, -0.2) is 9.48 Å². The van der Waals surface area contributed by atoms with Gasteiger partial charge in [0.15, 0.2) is 5.82 Å². The van der Waals surface area contributed by atoms with Crippen LogP contribution < -0.4 is 10.6 Å². The van der Waals surface area contributed by atoms with Crippen LogP contribution in [0.3, 0.4) is 0 Å². The number of anilines is 1. The zero-order valence-electron chi connectivity index (χ0n) is 12.1. The van der Waals surface area contributed by atoms with E-state index in [1.807, 2.05) is 30.3 Å². The molecule has 2 aromatic rings. The van der Waals surface area contributed by atoms with Gasteiger partial charge in [0.2, 0.25) is 0 Å². The van der Waals surface area contributed by atoms with Gasteiger partial charge in [0, 0.05) is 12.6 Å². The fraction of sp³-hybridized carbons (Fsp3) is 0.400. The number of urea groups is 1. The van der Waals surface area contributed by atoms with Gasteiger partial charge in [-0.05, 0) is 24.3 Å². The summed E-state index contributed by atoms with van der Waals surface area (Å²) in [6.45, 7) is 0.797. The molecule has 0 atom stereocenters. The fourth-order valence-corrected chi connectivity index (χ4v) is 2.54. The van der Waals surface area contributed by atoms with E-state index in [0.29, 0.717) is 18.3 Å². The standard InChI is InChI=1S/C15H19N5O2/c21-10-12-6-13(7-12)16-15(22)17-14-9-20(19-18-14)8-11-4-2-1-3-5-11/h1-5,9,12-13,21H,6-8,10H2,(H2,16,17,22). The molecule has 0 saturated heterocycles. The first-order valence-electron chi connectivity index (χ1n) is 7.35. The molecule has 1 aromatic heterocycles. The predicted octanol–water partition coefficient (Wildman–Crippen LogP) is 1.22. The van der Waals surface area contributed by atoms with Crippen LogP contribution in [-0.4, -0.2) is 38.8 Å². The third kappa shape index (κ3) is 3.62. The molecule has 1 aliphatic carbocycles. The van der Waals surface area contributed by atoms with E-state index >= 15 is 0 Å². The fourth-order valence-electron chi connectivity index (χ4n) is 2.54. The second kappa shape index (κ2) is 6.57. The number of carbonyl (C=O) groups is 1. The second-order valence-corrected chi connectivity index (χ2v) is 5.60. The maximum atomic E-state index is 11.8. The first-order chi connectivity index (χ1) is 10.7. The van der Waals surface area contributed by atoms with Crippen molar-refractivity contribution in [3.8, 4) is 0 Å². The van der Waals surface area contributed by atoms with Crippen molar-refractivity contribution < 1.29 is 9.90 Å². The summed E-state index contributed by atoms with van der Waals surface area (Å²) in [6.07, 6.45) is 3.35. The number of nitrogens with one attached hydrogen (secondary N) is 2. The van der Waals surface area contributed by atoms with Crippen LogP contribution in [0.4, 0.5) is 10.6 Å². The molecule has 0 radical (unpaired) electrons. The normalized spacial score (nSPS) is 20.2. The summed E-state index contributed by atoms with van der Waals surface area (Å²) in [5, 5.41) is 22.4. The number of hydrogen-bond acceptors (Lipinski definition) is 4. The number of benzene rings is 1. The summed E-state index contributed by atoms with van der Waals surface area (Å²) in [5.74, 6) is 0.739. The molecule has 3 N–H and O–H groups in total. The number of amides is 2. The summed E-state index contributed by atoms with van der Waals surface area (Å²) >= 11 is 0. The third-order valence-electron chi connectivity index (χ3n) is 3.80. The molecular formula is C15H19N5O2. The highest BCUT2D eigenvalue weighted by atomic mass is 16.3. The van der Waals surface area contributed by atoms with Crippen LogP contribution in [0.15, 0.2) is 36.5 Å². The molecule has 0 bridgehead atoms. The maximum Gasteiger partial charge on any atom is 0.320 e. The number of rotatable bonds is 5. The van der Waals surface area contributed by atoms with Crippen molar-refractivity contribution >= 4 is 11.8 Å². The molecule has 7 heteroatoms. The lowest BCUT2D eigenvalue weighted by molar-refractivity contribution is 0.130. The Hall–Kier alpha value is -2.41. The van der Waals surface area contributed by atoms with Crippen molar-refractivity contribution in [2.45, 2.75) is 25.4 Å². The van der Waals surface area contributed by atoms with Crippen molar-refractivity contribution in [1.82, 2.24) is 20.3 Å². The summed E-state index contributed by atoms with van der Waals surface area (Å²) in [4.78, 5) is 11.8. The molecule has 22 heavy (non-hydrogen) atoms. The van der Waals surface area contributed by atoms with Gasteiger partial charge in [-0.2, -0.15) is 0 Å². The van der Waals surface area contributed by atoms with Crippen LogP contribution in [0.2, 0.25) is 0 Å². The van der Waals surface area contributed by atoms with Crippen molar-refractivity contribution in [3.05, 3.63) is 42.1 Å². The molecule has 1 aliphatic rings. The van der Waals surface area contributed by atoms with Crippen LogP contribution in [0.1, 0.15) is 18.4 Å². The minimum absolute atomic E-state index is 0.136. The topological polar surface area (TPSA) is 92.1 Å². The van der Waals surface area contributed by atoms with Crippen LogP contribution >= 0.6 is 0 Å². The number of aromatic nitrogens is 3. The molecule has 3 rings (SSSR count). The lowest BCUT2D eigenvalue weighted by Crippen LogP contribution is -2.46. The molecule has 7 nitrogen and oxygen atoms in total. The summed E-state index contributed by atoms with van der Waals surface area (Å²) in [5.41, 5.74) is 1.12. The van der Waals surface area contributed by atoms with Gasteiger partial charge >= 0.3 is 6.03 Å². The summed E-state index contributed by atoms with van der Waals surface area (Å²) < 4.78 is 1.68. The van der Waals surface area contributed by atoms with Crippen molar-refractivity contribution in [2.75, 3.05) is 11.9 Å². The molecule has 0 aliphatic heterocycles. The Morgan fingerprint density at radius 2 is 2.09 bits per heavy atom. The highest BCUT2D eigenvalue weighted by molar-refractivity contribution is 5.88. The highest BCUT2D eigenvalue weighted by Gasteiger charge is 2.29. The third-order valence-corrected chi connectivity index (χ3v) is 3.80. The first kappa shape index (κ1) is 14.5. The summed E-state index contributed by atoms with van der Waals surface area (Å²) in [7, 11) is 0. The maximum absolute atomic E-state index is 11.8. The van der Waals surface area contributed by atoms with Gasteiger partial charge in [0.05, 0.1) is 12.7 Å². The number of hydrogen-bond donors (Lipinski definition) is 3. The van der Waals surface area contributed by atoms with E-state index in [2.05, 4.69) is 20.9 Å². The lowest BCUT2D eigenvalue weighted by Gasteiger charge is -2.34. The quantitative estimate of drug-likeness (QED) is 0.774. The van der Waals surface area contributed by atoms with Crippen LogP contribution in [0, 0.1) is 5.92 Å². The molecule has 1 fully saturated rings. The van der Waals surface area contributed by atoms with E-state index in [1.165, 1.54) is 0 Å². The van der Waals surface area contributed by atoms with Crippen molar-refractivity contribution in [2.24, 2.45) is 5.92 Å². The van der Waals surface area contributed by atoms with E-state index in [9.17, 15) is 4.79 Å². The number of carbonyl (C=O) groups excluding carboxylic acids is 1. The lowest BCUT2D eigenvalue weighted by atomic mass is 9.81. The van der Waals surface area contributed by atoms with Gasteiger partial charge in [0.1, 0.15) is 0 Å². The summed E-state index contributed by atoms with van der Waals surface area (Å²) in [6, 6.07) is 9.77. The Morgan fingerprint density at radius 3 is 2.82 bits per heavy atom. The average Bonchev–Trinajstić information content (AvgIpc) is 2.90. The molecule has 1 aromatic carbocycles. The molecule has 0 unspecified atom stereocenters. The SMILES string of the molecule is O=C(Nc1cn(Cc2ccccc2)nn1)NC1CC(CO)C1. The van der Waals surface area contributed by atoms with E-state index in [4.69, 9.17) is 5.11 Å². The van der Waals surface area contributed by atoms with Crippen LogP contribution in [0.5, 0.6) is 0 Å². The largest absolute Gasteiger partial charge is 0.396 e. The number of aliphatic hydroxyl groups is 1. The highest BCUT2D eigenvalue weighted by Crippen LogP contribution is 2.26. The van der Waals surface area contributed by atoms with Gasteiger partial charge in [0.25, 0.3) is 0 Å². The Labute approximate surface area is 128 Å². The minimum atomic E-state index is -0.284. The van der Waals surface area contributed by atoms with Crippen LogP contribution in [0.25, 0.3) is 0 Å². The smallest absolute Gasteiger partial charge is 0.320 e. The van der Waals surface area contributed by atoms with Crippen molar-refractivity contribution in [3.63, 3.8) is 0 Å². The molecule has 116 valence electrons. The van der Waals surface area contributed by atoms with E-state index < -0.39 is 0 Å². The molecule has 1 heterocycles. The Morgan fingerprint density at radius 1 is 1.32 bits per heavy atom. The van der Waals surface area contributed by atoms with Gasteiger partial charge in [-0.3, -0.25) is 5.32 Å². The molecular weight excluding hydrogens is 282 g/mol. The number of nitrogens with zero attached hydrogens (tertiary/aromatic N) is 3. The first-order valence-corrected chi connectivity index (χ1v) is 7.35. The second-order valence-electron chi connectivity index (χ2n) is 5.60. The Kier molecular flexibility index (Phi) is 4.34. The van der Waals surface area contributed by atoms with Crippen LogP contribution in [-0.2, 0) is 6.54 Å². The van der Waals surface area contributed by atoms with E-state index in [1.54, 1.807) is 10.9 Å². The Bertz CT molecular complexity index is 622. The van der Waals surface area contributed by atoms with E-state index in [0.717, 1.165) is 18.4 Å². The number of aliphatic hydroxyl groups excluding tert-OH is 1. The monoisotopic (exact) mass is 301 g/mol. The predicted molar refractivity (Wildman–Crippen MR) is 81.3 cm³/mol. The molecule has 2 amide bonds. The zero-order valence-corrected chi connectivity index (χ0v) is 12.1. The molecule has 0 spiro atoms. The van der Waals surface area contributed by atoms with E-state index in [-0.39, 0.29) is 18.7 Å². The molecule has 1 saturated carbocycles. The van der Waals surface area contributed by atoms with Gasteiger partial charge in [-0.1, -0.05) is 35.5 Å². The van der Waals surface area contributed by atoms with Crippen molar-refractivity contribution in [1.29, 1.82) is 0 Å². The van der Waals surface area contributed by atoms with Gasteiger partial charge < -0.3 is 10.4 Å². The Balaban J connectivity index is 1.48. The zero-order chi connectivity index (χ0) is 15.4. The minimum Gasteiger partial charge on any atom is -0.396 e. The average molecular weight is 301 g/mol.